The van der Waals surface area contributed by atoms with Crippen molar-refractivity contribution >= 4 is 55.7 Å². The van der Waals surface area contributed by atoms with Gasteiger partial charge < -0.3 is 30.1 Å². The summed E-state index contributed by atoms with van der Waals surface area (Å²) in [5.41, 5.74) is 1.24. The molecule has 1 aliphatic heterocycles. The predicted octanol–water partition coefficient (Wildman–Crippen LogP) is 7.25. The molecule has 0 unspecified atom stereocenters. The van der Waals surface area contributed by atoms with Crippen LogP contribution in [0.3, 0.4) is 0 Å². The van der Waals surface area contributed by atoms with E-state index in [0.717, 1.165) is 23.6 Å². The number of sulfonamides is 1. The lowest BCUT2D eigenvalue weighted by Gasteiger charge is -2.35. The molecule has 4 aromatic rings. The SMILES string of the molecule is C[C@@H]1CN([C@H](C)CO)C(=O)c2cc(NC(=O)Nc3cccc4ccccc34)ccc2O[C@@H](C)CCCCO[C@H]1CN(C)S(=O)(=O)c1ccc(Cl)cc1. The standard InChI is InChI=1S/C39H47ClN4O7S/c1-26-23-44(27(2)25-45)38(46)34-22-31(41-39(47)42-35-14-9-12-29-11-5-6-13-33(29)35)17-20-36(34)51-28(3)10-7-8-21-50-37(26)24-43(4)52(48,49)32-18-15-30(40)16-19-32/h5-6,9,11-20,22,26-28,37,45H,7-8,10,21,23-25H2,1-4H3,(H2,41,42,47)/t26-,27-,28+,37+/m1/s1. The third kappa shape index (κ3) is 9.61. The summed E-state index contributed by atoms with van der Waals surface area (Å²) in [4.78, 5) is 29.4. The summed E-state index contributed by atoms with van der Waals surface area (Å²) in [6.45, 7) is 5.84. The Morgan fingerprint density at radius 2 is 1.75 bits per heavy atom. The van der Waals surface area contributed by atoms with Crippen LogP contribution in [0.15, 0.2) is 89.8 Å². The van der Waals surface area contributed by atoms with Gasteiger partial charge in [-0.25, -0.2) is 13.2 Å². The normalized spacial score (nSPS) is 19.7. The van der Waals surface area contributed by atoms with Crippen LogP contribution in [-0.2, 0) is 14.8 Å². The average molecular weight is 751 g/mol. The summed E-state index contributed by atoms with van der Waals surface area (Å²) >= 11 is 6.00. The molecule has 4 aromatic carbocycles. The second kappa shape index (κ2) is 17.5. The first-order valence-corrected chi connectivity index (χ1v) is 19.3. The minimum absolute atomic E-state index is 0.0393. The van der Waals surface area contributed by atoms with Crippen LogP contribution in [0.4, 0.5) is 16.2 Å². The first-order valence-electron chi connectivity index (χ1n) is 17.5. The maximum Gasteiger partial charge on any atom is 0.323 e. The molecule has 1 heterocycles. The Kier molecular flexibility index (Phi) is 13.2. The first-order chi connectivity index (χ1) is 24.9. The van der Waals surface area contributed by atoms with Gasteiger partial charge in [-0.1, -0.05) is 54.9 Å². The Bertz CT molecular complexity index is 1950. The van der Waals surface area contributed by atoms with Crippen LogP contribution in [-0.4, -0.2) is 86.3 Å². The number of likely N-dealkylation sites (N-methyl/N-ethyl adjacent to an activating group) is 1. The van der Waals surface area contributed by atoms with Crippen molar-refractivity contribution in [3.8, 4) is 5.75 Å². The largest absolute Gasteiger partial charge is 0.490 e. The monoisotopic (exact) mass is 750 g/mol. The Morgan fingerprint density at radius 1 is 1.02 bits per heavy atom. The summed E-state index contributed by atoms with van der Waals surface area (Å²) in [6, 6.07) is 23.2. The molecule has 13 heteroatoms. The zero-order valence-corrected chi connectivity index (χ0v) is 31.5. The maximum atomic E-state index is 14.5. The predicted molar refractivity (Wildman–Crippen MR) is 205 cm³/mol. The van der Waals surface area contributed by atoms with Crippen LogP contribution < -0.4 is 15.4 Å². The van der Waals surface area contributed by atoms with E-state index in [4.69, 9.17) is 21.1 Å². The number of ether oxygens (including phenoxy) is 2. The van der Waals surface area contributed by atoms with Gasteiger partial charge in [-0.15, -0.1) is 0 Å². The van der Waals surface area contributed by atoms with Crippen LogP contribution in [0.1, 0.15) is 50.4 Å². The molecule has 52 heavy (non-hydrogen) atoms. The third-order valence-electron chi connectivity index (χ3n) is 9.31. The molecule has 3 amide bonds. The fraction of sp³-hybridized carbons (Fsp3) is 0.385. The number of hydrogen-bond donors (Lipinski definition) is 3. The molecule has 0 fully saturated rings. The second-order valence-corrected chi connectivity index (χ2v) is 15.8. The Morgan fingerprint density at radius 3 is 2.50 bits per heavy atom. The van der Waals surface area contributed by atoms with Crippen LogP contribution in [0, 0.1) is 5.92 Å². The fourth-order valence-electron chi connectivity index (χ4n) is 6.22. The zero-order valence-electron chi connectivity index (χ0n) is 29.9. The van der Waals surface area contributed by atoms with E-state index in [0.29, 0.717) is 35.2 Å². The molecule has 0 aromatic heterocycles. The van der Waals surface area contributed by atoms with Crippen molar-refractivity contribution in [3.05, 3.63) is 95.5 Å². The molecular weight excluding hydrogens is 704 g/mol. The van der Waals surface area contributed by atoms with Crippen molar-refractivity contribution in [2.45, 2.75) is 63.2 Å². The fourth-order valence-corrected chi connectivity index (χ4v) is 7.53. The Balaban J connectivity index is 1.41. The van der Waals surface area contributed by atoms with Gasteiger partial charge in [-0.05, 0) is 87.0 Å². The van der Waals surface area contributed by atoms with Crippen LogP contribution in [0.5, 0.6) is 5.75 Å². The Hall–Kier alpha value is -4.20. The number of anilines is 2. The van der Waals surface area contributed by atoms with Crippen molar-refractivity contribution in [2.75, 3.05) is 44.0 Å². The van der Waals surface area contributed by atoms with Gasteiger partial charge in [-0.2, -0.15) is 4.31 Å². The van der Waals surface area contributed by atoms with Gasteiger partial charge in [0.15, 0.2) is 0 Å². The average Bonchev–Trinajstić information content (AvgIpc) is 3.13. The van der Waals surface area contributed by atoms with Gasteiger partial charge in [-0.3, -0.25) is 4.79 Å². The number of carbonyl (C=O) groups is 2. The van der Waals surface area contributed by atoms with E-state index < -0.39 is 34.1 Å². The minimum Gasteiger partial charge on any atom is -0.490 e. The lowest BCUT2D eigenvalue weighted by Crippen LogP contribution is -2.48. The number of amides is 3. The molecule has 0 saturated heterocycles. The molecule has 0 saturated carbocycles. The first kappa shape index (κ1) is 39.0. The molecule has 5 rings (SSSR count). The number of fused-ring (bicyclic) bond motifs is 2. The number of nitrogens with zero attached hydrogens (tertiary/aromatic N) is 2. The number of halogens is 1. The van der Waals surface area contributed by atoms with Gasteiger partial charge in [0.1, 0.15) is 5.75 Å². The highest BCUT2D eigenvalue weighted by molar-refractivity contribution is 7.89. The summed E-state index contributed by atoms with van der Waals surface area (Å²) in [7, 11) is -2.36. The number of hydrogen-bond acceptors (Lipinski definition) is 7. The van der Waals surface area contributed by atoms with Crippen molar-refractivity contribution in [1.29, 1.82) is 0 Å². The van der Waals surface area contributed by atoms with E-state index in [-0.39, 0.29) is 42.2 Å². The molecular formula is C39H47ClN4O7S. The summed E-state index contributed by atoms with van der Waals surface area (Å²) in [5, 5.41) is 18.4. The van der Waals surface area contributed by atoms with Crippen LogP contribution in [0.25, 0.3) is 10.8 Å². The summed E-state index contributed by atoms with van der Waals surface area (Å²) in [5.74, 6) is -0.398. The zero-order chi connectivity index (χ0) is 37.4. The van der Waals surface area contributed by atoms with Gasteiger partial charge in [0, 0.05) is 48.8 Å². The molecule has 4 atom stereocenters. The van der Waals surface area contributed by atoms with Gasteiger partial charge >= 0.3 is 6.03 Å². The summed E-state index contributed by atoms with van der Waals surface area (Å²) in [6.07, 6.45) is 1.38. The molecule has 11 nitrogen and oxygen atoms in total. The highest BCUT2D eigenvalue weighted by Gasteiger charge is 2.32. The van der Waals surface area contributed by atoms with Gasteiger partial charge in [0.2, 0.25) is 10.0 Å². The van der Waals surface area contributed by atoms with Crippen LogP contribution >= 0.6 is 11.6 Å². The highest BCUT2D eigenvalue weighted by atomic mass is 35.5. The number of aliphatic hydroxyl groups excluding tert-OH is 1. The number of aliphatic hydroxyl groups is 1. The van der Waals surface area contributed by atoms with Crippen molar-refractivity contribution in [1.82, 2.24) is 9.21 Å². The lowest BCUT2D eigenvalue weighted by atomic mass is 10.0. The van der Waals surface area contributed by atoms with Gasteiger partial charge in [0.05, 0.1) is 41.0 Å². The van der Waals surface area contributed by atoms with E-state index in [2.05, 4.69) is 10.6 Å². The number of rotatable bonds is 8. The Labute approximate surface area is 310 Å². The number of benzene rings is 4. The molecule has 0 bridgehead atoms. The van der Waals surface area contributed by atoms with E-state index >= 15 is 0 Å². The lowest BCUT2D eigenvalue weighted by molar-refractivity contribution is -0.00833. The second-order valence-electron chi connectivity index (χ2n) is 13.4. The number of carbonyl (C=O) groups excluding carboxylic acids is 2. The molecule has 278 valence electrons. The van der Waals surface area contributed by atoms with Crippen molar-refractivity contribution < 1.29 is 32.6 Å². The molecule has 3 N–H and O–H groups in total. The molecule has 1 aliphatic rings. The molecule has 0 spiro atoms. The minimum atomic E-state index is -3.86. The number of nitrogens with one attached hydrogen (secondary N) is 2. The maximum absolute atomic E-state index is 14.5. The van der Waals surface area contributed by atoms with Gasteiger partial charge in [0.25, 0.3) is 5.91 Å². The van der Waals surface area contributed by atoms with Crippen molar-refractivity contribution in [2.24, 2.45) is 5.92 Å². The van der Waals surface area contributed by atoms with E-state index in [1.807, 2.05) is 56.3 Å². The quantitative estimate of drug-likeness (QED) is 0.173. The van der Waals surface area contributed by atoms with Crippen molar-refractivity contribution in [3.63, 3.8) is 0 Å². The third-order valence-corrected chi connectivity index (χ3v) is 11.4. The topological polar surface area (TPSA) is 138 Å². The molecule has 0 radical (unpaired) electrons. The summed E-state index contributed by atoms with van der Waals surface area (Å²) < 4.78 is 40.9. The highest BCUT2D eigenvalue weighted by Crippen LogP contribution is 2.30. The van der Waals surface area contributed by atoms with E-state index in [9.17, 15) is 23.1 Å². The van der Waals surface area contributed by atoms with E-state index in [1.165, 1.54) is 35.6 Å². The molecule has 0 aliphatic carbocycles. The smallest absolute Gasteiger partial charge is 0.323 e. The number of urea groups is 1. The van der Waals surface area contributed by atoms with Crippen LogP contribution in [0.2, 0.25) is 5.02 Å². The van der Waals surface area contributed by atoms with E-state index in [1.54, 1.807) is 30.0 Å².